The highest BCUT2D eigenvalue weighted by molar-refractivity contribution is 8.01. The number of hydrogen-bond acceptors (Lipinski definition) is 8. The van der Waals surface area contributed by atoms with Gasteiger partial charge < -0.3 is 10.6 Å². The van der Waals surface area contributed by atoms with Crippen molar-refractivity contribution in [1.29, 1.82) is 0 Å². The average molecular weight is 400 g/mol. The van der Waals surface area contributed by atoms with Crippen LogP contribution >= 0.6 is 23.1 Å². The van der Waals surface area contributed by atoms with Crippen LogP contribution in [0.2, 0.25) is 0 Å². The largest absolute Gasteiger partial charge is 0.374 e. The Labute approximate surface area is 154 Å². The lowest BCUT2D eigenvalue weighted by Crippen LogP contribution is -2.34. The van der Waals surface area contributed by atoms with E-state index in [0.717, 1.165) is 5.56 Å². The molecule has 1 aliphatic heterocycles. The van der Waals surface area contributed by atoms with Gasteiger partial charge in [-0.1, -0.05) is 40.8 Å². The van der Waals surface area contributed by atoms with Gasteiger partial charge in [0, 0.05) is 13.1 Å². The van der Waals surface area contributed by atoms with Crippen LogP contribution in [0.4, 0.5) is 5.13 Å². The van der Waals surface area contributed by atoms with Crippen LogP contribution in [-0.4, -0.2) is 59.2 Å². The van der Waals surface area contributed by atoms with E-state index in [1.165, 1.54) is 32.3 Å². The van der Waals surface area contributed by atoms with Crippen molar-refractivity contribution in [2.75, 3.05) is 31.2 Å². The fourth-order valence-corrected chi connectivity index (χ4v) is 5.25. The number of aromatic nitrogens is 2. The van der Waals surface area contributed by atoms with Gasteiger partial charge in [0.25, 0.3) is 0 Å². The highest BCUT2D eigenvalue weighted by Crippen LogP contribution is 2.25. The first-order chi connectivity index (χ1) is 11.9. The van der Waals surface area contributed by atoms with Gasteiger partial charge in [0.2, 0.25) is 21.1 Å². The Morgan fingerprint density at radius 2 is 2.00 bits per heavy atom. The number of benzene rings is 1. The second-order valence-corrected chi connectivity index (χ2v) is 9.66. The summed E-state index contributed by atoms with van der Waals surface area (Å²) in [7, 11) is -3.59. The molecule has 0 radical (unpaired) electrons. The summed E-state index contributed by atoms with van der Waals surface area (Å²) in [6.07, 6.45) is 0. The van der Waals surface area contributed by atoms with Crippen LogP contribution in [0.1, 0.15) is 5.56 Å². The molecule has 0 unspecified atom stereocenters. The van der Waals surface area contributed by atoms with E-state index in [1.54, 1.807) is 24.3 Å². The van der Waals surface area contributed by atoms with Crippen LogP contribution in [-0.2, 0) is 14.8 Å². The van der Waals surface area contributed by atoms with Gasteiger partial charge >= 0.3 is 0 Å². The van der Waals surface area contributed by atoms with Crippen LogP contribution in [0.3, 0.4) is 0 Å². The third-order valence-corrected chi connectivity index (χ3v) is 7.42. The van der Waals surface area contributed by atoms with E-state index in [-0.39, 0.29) is 23.2 Å². The van der Waals surface area contributed by atoms with Crippen molar-refractivity contribution in [2.24, 2.45) is 0 Å². The molecule has 0 saturated carbocycles. The number of amides is 1. The van der Waals surface area contributed by atoms with E-state index in [0.29, 0.717) is 22.6 Å². The number of rotatable bonds is 5. The molecule has 1 saturated heterocycles. The molecule has 25 heavy (non-hydrogen) atoms. The van der Waals surface area contributed by atoms with E-state index >= 15 is 0 Å². The van der Waals surface area contributed by atoms with Crippen LogP contribution in [0, 0.1) is 6.92 Å². The maximum absolute atomic E-state index is 12.6. The van der Waals surface area contributed by atoms with Crippen molar-refractivity contribution in [3.8, 4) is 0 Å². The van der Waals surface area contributed by atoms with Crippen molar-refractivity contribution in [3.05, 3.63) is 29.8 Å². The lowest BCUT2D eigenvalue weighted by Gasteiger charge is -2.18. The molecule has 11 heteroatoms. The van der Waals surface area contributed by atoms with Crippen molar-refractivity contribution in [3.63, 3.8) is 0 Å². The maximum Gasteiger partial charge on any atom is 0.244 e. The molecule has 2 aromatic rings. The summed E-state index contributed by atoms with van der Waals surface area (Å²) >= 11 is 2.47. The van der Waals surface area contributed by atoms with Crippen LogP contribution in [0.15, 0.2) is 33.5 Å². The van der Waals surface area contributed by atoms with E-state index in [2.05, 4.69) is 10.2 Å². The zero-order valence-electron chi connectivity index (χ0n) is 13.5. The minimum atomic E-state index is -3.59. The van der Waals surface area contributed by atoms with Gasteiger partial charge in [-0.2, -0.15) is 4.31 Å². The van der Waals surface area contributed by atoms with Gasteiger partial charge in [-0.05, 0) is 19.1 Å². The fourth-order valence-electron chi connectivity index (χ4n) is 2.32. The van der Waals surface area contributed by atoms with E-state index in [4.69, 9.17) is 5.73 Å². The van der Waals surface area contributed by atoms with Crippen LogP contribution in [0.5, 0.6) is 0 Å². The lowest BCUT2D eigenvalue weighted by atomic mass is 10.2. The Balaban J connectivity index is 1.60. The standard InChI is InChI=1S/C14H17N5O3S3/c1-10-2-4-11(5-3-10)25(21,22)19-7-6-18(9-19)12(20)8-23-14-17-16-13(15)24-14/h2-5H,6-9H2,1H3,(H2,15,16). The van der Waals surface area contributed by atoms with E-state index in [9.17, 15) is 13.2 Å². The number of carbonyl (C=O) groups excluding carboxylic acids is 1. The summed E-state index contributed by atoms with van der Waals surface area (Å²) in [4.78, 5) is 14.1. The molecule has 134 valence electrons. The molecule has 2 N–H and O–H groups in total. The SMILES string of the molecule is Cc1ccc(S(=O)(=O)N2CCN(C(=O)CSc3nnc(N)s3)C2)cc1. The summed E-state index contributed by atoms with van der Waals surface area (Å²) in [6, 6.07) is 6.70. The molecule has 0 spiro atoms. The molecule has 2 heterocycles. The first-order valence-corrected chi connectivity index (χ1v) is 10.7. The molecule has 8 nitrogen and oxygen atoms in total. The van der Waals surface area contributed by atoms with Gasteiger partial charge in [0.15, 0.2) is 4.34 Å². The van der Waals surface area contributed by atoms with Crippen molar-refractivity contribution < 1.29 is 13.2 Å². The van der Waals surface area contributed by atoms with Gasteiger partial charge in [-0.3, -0.25) is 4.79 Å². The molecular formula is C14H17N5O3S3. The number of carbonyl (C=O) groups is 1. The van der Waals surface area contributed by atoms with Crippen LogP contribution in [0.25, 0.3) is 0 Å². The zero-order valence-corrected chi connectivity index (χ0v) is 15.9. The summed E-state index contributed by atoms with van der Waals surface area (Å²) in [5.74, 6) is 0.0351. The van der Waals surface area contributed by atoms with Crippen molar-refractivity contribution in [2.45, 2.75) is 16.2 Å². The number of nitrogens with zero attached hydrogens (tertiary/aromatic N) is 4. The number of sulfonamides is 1. The monoisotopic (exact) mass is 399 g/mol. The topological polar surface area (TPSA) is 109 Å². The predicted molar refractivity (Wildman–Crippen MR) is 96.7 cm³/mol. The van der Waals surface area contributed by atoms with Gasteiger partial charge in [0.05, 0.1) is 17.3 Å². The first kappa shape index (κ1) is 18.1. The van der Waals surface area contributed by atoms with Gasteiger partial charge in [-0.25, -0.2) is 8.42 Å². The van der Waals surface area contributed by atoms with Crippen LogP contribution < -0.4 is 5.73 Å². The highest BCUT2D eigenvalue weighted by atomic mass is 32.2. The summed E-state index contributed by atoms with van der Waals surface area (Å²) < 4.78 is 27.2. The van der Waals surface area contributed by atoms with E-state index < -0.39 is 10.0 Å². The summed E-state index contributed by atoms with van der Waals surface area (Å²) in [6.45, 7) is 2.63. The molecular weight excluding hydrogens is 382 g/mol. The maximum atomic E-state index is 12.6. The third kappa shape index (κ3) is 4.11. The summed E-state index contributed by atoms with van der Waals surface area (Å²) in [5, 5.41) is 7.89. The lowest BCUT2D eigenvalue weighted by molar-refractivity contribution is -0.127. The average Bonchev–Trinajstić information content (AvgIpc) is 3.22. The number of thioether (sulfide) groups is 1. The molecule has 3 rings (SSSR count). The minimum absolute atomic E-state index is 0.0634. The number of anilines is 1. The quantitative estimate of drug-likeness (QED) is 0.747. The number of aryl methyl sites for hydroxylation is 1. The van der Waals surface area contributed by atoms with Crippen molar-refractivity contribution >= 4 is 44.2 Å². The Morgan fingerprint density at radius 1 is 1.28 bits per heavy atom. The highest BCUT2D eigenvalue weighted by Gasteiger charge is 2.33. The van der Waals surface area contributed by atoms with Crippen molar-refractivity contribution in [1.82, 2.24) is 19.4 Å². The number of nitrogen functional groups attached to an aromatic ring is 1. The van der Waals surface area contributed by atoms with E-state index in [1.807, 2.05) is 6.92 Å². The second kappa shape index (κ2) is 7.28. The zero-order chi connectivity index (χ0) is 18.0. The smallest absolute Gasteiger partial charge is 0.244 e. The molecule has 1 aromatic carbocycles. The Bertz CT molecular complexity index is 866. The number of hydrogen-bond donors (Lipinski definition) is 1. The third-order valence-electron chi connectivity index (χ3n) is 3.70. The summed E-state index contributed by atoms with van der Waals surface area (Å²) in [5.41, 5.74) is 6.49. The number of nitrogens with two attached hydrogens (primary N) is 1. The predicted octanol–water partition coefficient (Wildman–Crippen LogP) is 1.01. The second-order valence-electron chi connectivity index (χ2n) is 5.49. The molecule has 0 aliphatic carbocycles. The Hall–Kier alpha value is -1.69. The van der Waals surface area contributed by atoms with Gasteiger partial charge in [-0.15, -0.1) is 10.2 Å². The fraction of sp³-hybridized carbons (Fsp3) is 0.357. The molecule has 1 amide bonds. The molecule has 1 aliphatic rings. The first-order valence-electron chi connectivity index (χ1n) is 7.42. The Morgan fingerprint density at radius 3 is 2.64 bits per heavy atom. The van der Waals surface area contributed by atoms with Gasteiger partial charge in [0.1, 0.15) is 0 Å². The molecule has 0 atom stereocenters. The Kier molecular flexibility index (Phi) is 5.27. The minimum Gasteiger partial charge on any atom is -0.374 e. The normalized spacial score (nSPS) is 15.6. The molecule has 1 fully saturated rings. The molecule has 0 bridgehead atoms. The molecule has 1 aromatic heterocycles.